The van der Waals surface area contributed by atoms with Crippen LogP contribution in [0.1, 0.15) is 27.2 Å². The summed E-state index contributed by atoms with van der Waals surface area (Å²) >= 11 is 0. The summed E-state index contributed by atoms with van der Waals surface area (Å²) in [5, 5.41) is 15.2. The molecule has 0 saturated carbocycles. The number of ether oxygens (including phenoxy) is 1. The summed E-state index contributed by atoms with van der Waals surface area (Å²) in [4.78, 5) is 12.1. The Bertz CT molecular complexity index is 969. The van der Waals surface area contributed by atoms with Gasteiger partial charge < -0.3 is 15.3 Å². The topological polar surface area (TPSA) is 103 Å². The normalized spacial score (nSPS) is 18.6. The second-order valence-corrected chi connectivity index (χ2v) is 9.47. The molecule has 0 spiro atoms. The Labute approximate surface area is 158 Å². The molecule has 1 amide bonds. The van der Waals surface area contributed by atoms with Gasteiger partial charge in [-0.25, -0.2) is 13.2 Å². The van der Waals surface area contributed by atoms with Crippen LogP contribution in [0, 0.1) is 5.21 Å². The molecule has 3 rings (SSSR count). The Morgan fingerprint density at radius 1 is 1.33 bits per heavy atom. The molecule has 146 valence electrons. The van der Waals surface area contributed by atoms with E-state index in [1.165, 1.54) is 28.8 Å². The average molecular weight is 393 g/mol. The number of amides is 1. The van der Waals surface area contributed by atoms with Gasteiger partial charge in [0.05, 0.1) is 4.90 Å². The Balaban J connectivity index is 1.78. The van der Waals surface area contributed by atoms with E-state index in [2.05, 4.69) is 5.32 Å². The monoisotopic (exact) mass is 393 g/mol. The fourth-order valence-corrected chi connectivity index (χ4v) is 4.80. The highest BCUT2D eigenvalue weighted by molar-refractivity contribution is 7.89. The average Bonchev–Trinajstić information content (AvgIpc) is 3.01. The number of aromatic nitrogens is 1. The van der Waals surface area contributed by atoms with Crippen LogP contribution in [0.3, 0.4) is 0 Å². The lowest BCUT2D eigenvalue weighted by molar-refractivity contribution is -0.603. The molecule has 0 aliphatic carbocycles. The summed E-state index contributed by atoms with van der Waals surface area (Å²) in [7, 11) is -3.75. The number of hydrogen-bond donors (Lipinski definition) is 1. The fourth-order valence-electron chi connectivity index (χ4n) is 3.08. The molecule has 9 heteroatoms. The lowest BCUT2D eigenvalue weighted by atomic mass is 10.2. The number of nitrogens with zero attached hydrogens (tertiary/aromatic N) is 2. The van der Waals surface area contributed by atoms with E-state index < -0.39 is 21.7 Å². The highest BCUT2D eigenvalue weighted by Gasteiger charge is 2.34. The van der Waals surface area contributed by atoms with E-state index in [0.717, 1.165) is 0 Å². The lowest BCUT2D eigenvalue weighted by Crippen LogP contribution is -2.41. The number of hydrogen-bond acceptors (Lipinski definition) is 5. The van der Waals surface area contributed by atoms with Crippen LogP contribution < -0.4 is 10.0 Å². The van der Waals surface area contributed by atoms with Gasteiger partial charge in [-0.15, -0.1) is 0 Å². The summed E-state index contributed by atoms with van der Waals surface area (Å²) in [6.45, 7) is 5.78. The van der Waals surface area contributed by atoms with Crippen LogP contribution in [0.5, 0.6) is 0 Å². The zero-order chi connectivity index (χ0) is 19.8. The van der Waals surface area contributed by atoms with Crippen molar-refractivity contribution in [2.24, 2.45) is 0 Å². The minimum absolute atomic E-state index is 0.151. The molecule has 1 unspecified atom stereocenters. The molecule has 2 aromatic rings. The molecule has 1 aliphatic rings. The summed E-state index contributed by atoms with van der Waals surface area (Å²) < 4.78 is 33.4. The number of carbonyl (C=O) groups excluding carboxylic acids is 1. The third kappa shape index (κ3) is 4.30. The van der Waals surface area contributed by atoms with Crippen LogP contribution in [0.15, 0.2) is 41.6 Å². The van der Waals surface area contributed by atoms with Gasteiger partial charge in [-0.3, -0.25) is 0 Å². The number of rotatable bonds is 3. The van der Waals surface area contributed by atoms with Crippen molar-refractivity contribution in [2.45, 2.75) is 43.7 Å². The van der Waals surface area contributed by atoms with Crippen molar-refractivity contribution in [3.8, 4) is 0 Å². The van der Waals surface area contributed by atoms with E-state index in [4.69, 9.17) is 4.74 Å². The number of nitrogens with one attached hydrogen (secondary N) is 1. The predicted octanol–water partition coefficient (Wildman–Crippen LogP) is 1.76. The number of benzene rings is 1. The van der Waals surface area contributed by atoms with Gasteiger partial charge in [-0.05, 0) is 39.3 Å². The summed E-state index contributed by atoms with van der Waals surface area (Å²) in [6.07, 6.45) is 2.56. The van der Waals surface area contributed by atoms with Crippen LogP contribution in [0.25, 0.3) is 10.8 Å². The maximum atomic E-state index is 13.1. The van der Waals surface area contributed by atoms with Crippen molar-refractivity contribution >= 4 is 26.9 Å². The molecule has 2 heterocycles. The van der Waals surface area contributed by atoms with E-state index in [1.807, 2.05) is 0 Å². The zero-order valence-electron chi connectivity index (χ0n) is 15.5. The van der Waals surface area contributed by atoms with Crippen LogP contribution in [-0.2, 0) is 14.8 Å². The molecule has 1 aromatic carbocycles. The third-order valence-corrected chi connectivity index (χ3v) is 6.17. The number of carbonyl (C=O) groups is 1. The van der Waals surface area contributed by atoms with E-state index in [0.29, 0.717) is 28.5 Å². The van der Waals surface area contributed by atoms with Gasteiger partial charge >= 0.3 is 6.09 Å². The van der Waals surface area contributed by atoms with Gasteiger partial charge in [0.1, 0.15) is 5.60 Å². The van der Waals surface area contributed by atoms with Crippen LogP contribution in [0.4, 0.5) is 4.79 Å². The highest BCUT2D eigenvalue weighted by atomic mass is 32.2. The Morgan fingerprint density at radius 3 is 2.78 bits per heavy atom. The minimum atomic E-state index is -3.75. The second kappa shape index (κ2) is 6.97. The minimum Gasteiger partial charge on any atom is -0.619 e. The molecule has 0 bridgehead atoms. The molecule has 1 saturated heterocycles. The third-order valence-electron chi connectivity index (χ3n) is 4.24. The van der Waals surface area contributed by atoms with Crippen molar-refractivity contribution in [1.82, 2.24) is 9.62 Å². The molecule has 27 heavy (non-hydrogen) atoms. The van der Waals surface area contributed by atoms with Crippen LogP contribution in [-0.4, -0.2) is 43.5 Å². The van der Waals surface area contributed by atoms with Gasteiger partial charge in [0, 0.05) is 36.0 Å². The molecule has 8 nitrogen and oxygen atoms in total. The Morgan fingerprint density at radius 2 is 2.07 bits per heavy atom. The molecular weight excluding hydrogens is 370 g/mol. The van der Waals surface area contributed by atoms with Crippen LogP contribution >= 0.6 is 0 Å². The largest absolute Gasteiger partial charge is 0.619 e. The standard InChI is InChI=1S/C18H23N3O5S/c1-18(2,3)26-17(22)19-14-7-10-21(12-14)27(24,25)16-6-4-5-13-11-20(23)9-8-15(13)16/h4-6,8-9,11,14H,7,10,12H2,1-3H3,(H,19,22). The van der Waals surface area contributed by atoms with Crippen molar-refractivity contribution in [3.63, 3.8) is 0 Å². The Kier molecular flexibility index (Phi) is 5.00. The predicted molar refractivity (Wildman–Crippen MR) is 99.4 cm³/mol. The van der Waals surface area contributed by atoms with Gasteiger partial charge in [-0.1, -0.05) is 6.07 Å². The van der Waals surface area contributed by atoms with Gasteiger partial charge in [0.2, 0.25) is 10.0 Å². The summed E-state index contributed by atoms with van der Waals surface area (Å²) in [5.74, 6) is 0. The summed E-state index contributed by atoms with van der Waals surface area (Å²) in [5.41, 5.74) is -0.615. The number of alkyl carbamates (subject to hydrolysis) is 1. The molecule has 1 atom stereocenters. The number of sulfonamides is 1. The molecule has 1 N–H and O–H groups in total. The van der Waals surface area contributed by atoms with E-state index in [1.54, 1.807) is 32.9 Å². The molecule has 1 fully saturated rings. The maximum Gasteiger partial charge on any atom is 0.407 e. The first-order valence-electron chi connectivity index (χ1n) is 8.67. The van der Waals surface area contributed by atoms with Crippen LogP contribution in [0.2, 0.25) is 0 Å². The molecule has 1 aromatic heterocycles. The first-order chi connectivity index (χ1) is 12.6. The summed E-state index contributed by atoms with van der Waals surface area (Å²) in [6, 6.07) is 6.03. The first-order valence-corrected chi connectivity index (χ1v) is 10.1. The number of pyridine rings is 1. The lowest BCUT2D eigenvalue weighted by Gasteiger charge is -2.22. The van der Waals surface area contributed by atoms with Crippen molar-refractivity contribution in [2.75, 3.05) is 13.1 Å². The smallest absolute Gasteiger partial charge is 0.407 e. The molecule has 0 radical (unpaired) electrons. The Hall–Kier alpha value is -2.39. The molecular formula is C18H23N3O5S. The van der Waals surface area contributed by atoms with E-state index in [9.17, 15) is 18.4 Å². The van der Waals surface area contributed by atoms with Gasteiger partial charge in [-0.2, -0.15) is 9.04 Å². The first kappa shape index (κ1) is 19.4. The number of fused-ring (bicyclic) bond motifs is 1. The highest BCUT2D eigenvalue weighted by Crippen LogP contribution is 2.27. The zero-order valence-corrected chi connectivity index (χ0v) is 16.3. The van der Waals surface area contributed by atoms with Gasteiger partial charge in [0.25, 0.3) is 0 Å². The maximum absolute atomic E-state index is 13.1. The van der Waals surface area contributed by atoms with Crippen molar-refractivity contribution < 1.29 is 22.7 Å². The fraction of sp³-hybridized carbons (Fsp3) is 0.444. The van der Waals surface area contributed by atoms with Crippen molar-refractivity contribution in [1.29, 1.82) is 0 Å². The quantitative estimate of drug-likeness (QED) is 0.632. The van der Waals surface area contributed by atoms with E-state index in [-0.39, 0.29) is 17.5 Å². The van der Waals surface area contributed by atoms with Crippen molar-refractivity contribution in [3.05, 3.63) is 41.9 Å². The second-order valence-electron chi connectivity index (χ2n) is 7.56. The van der Waals surface area contributed by atoms with Gasteiger partial charge in [0.15, 0.2) is 12.4 Å². The molecule has 1 aliphatic heterocycles. The van der Waals surface area contributed by atoms with E-state index >= 15 is 0 Å². The SMILES string of the molecule is CC(C)(C)OC(=O)NC1CCN(S(=O)(=O)c2cccc3c[n+]([O-])ccc23)C1.